The monoisotopic (exact) mass is 291 g/mol. The number of halogens is 3. The van der Waals surface area contributed by atoms with E-state index in [9.17, 15) is 13.2 Å². The number of nitrogens with one attached hydrogen (secondary N) is 1. The molecule has 0 aliphatic heterocycles. The van der Waals surface area contributed by atoms with Crippen molar-refractivity contribution in [2.45, 2.75) is 31.8 Å². The van der Waals surface area contributed by atoms with Crippen LogP contribution in [-0.2, 0) is 19.4 Å². The molecule has 1 N–H and O–H groups in total. The van der Waals surface area contributed by atoms with Crippen molar-refractivity contribution in [2.24, 2.45) is 0 Å². The quantitative estimate of drug-likeness (QED) is 0.849. The molecule has 2 aromatic rings. The average molecular weight is 291 g/mol. The van der Waals surface area contributed by atoms with Gasteiger partial charge in [0.15, 0.2) is 17.5 Å². The minimum absolute atomic E-state index is 0.274. The zero-order chi connectivity index (χ0) is 14.8. The van der Waals surface area contributed by atoms with Crippen molar-refractivity contribution < 1.29 is 13.2 Å². The van der Waals surface area contributed by atoms with Crippen molar-refractivity contribution >= 4 is 0 Å². The summed E-state index contributed by atoms with van der Waals surface area (Å²) in [4.78, 5) is 0. The van der Waals surface area contributed by atoms with E-state index in [2.05, 4.69) is 17.4 Å². The highest BCUT2D eigenvalue weighted by Gasteiger charge is 2.18. The van der Waals surface area contributed by atoms with Gasteiger partial charge >= 0.3 is 0 Å². The molecule has 1 aliphatic carbocycles. The lowest BCUT2D eigenvalue weighted by Crippen LogP contribution is -2.34. The first-order valence-electron chi connectivity index (χ1n) is 7.07. The molecule has 0 saturated heterocycles. The van der Waals surface area contributed by atoms with Crippen molar-refractivity contribution in [1.82, 2.24) is 5.32 Å². The van der Waals surface area contributed by atoms with Crippen molar-refractivity contribution in [2.75, 3.05) is 0 Å². The fourth-order valence-corrected chi connectivity index (χ4v) is 2.84. The van der Waals surface area contributed by atoms with E-state index >= 15 is 0 Å². The Morgan fingerprint density at radius 3 is 2.38 bits per heavy atom. The van der Waals surface area contributed by atoms with Gasteiger partial charge in [0.2, 0.25) is 0 Å². The molecule has 0 heterocycles. The topological polar surface area (TPSA) is 12.0 Å². The molecular weight excluding hydrogens is 275 g/mol. The molecule has 0 fully saturated rings. The number of hydrogen-bond donors (Lipinski definition) is 1. The van der Waals surface area contributed by atoms with E-state index in [0.29, 0.717) is 12.1 Å². The minimum atomic E-state index is -1.41. The van der Waals surface area contributed by atoms with Crippen LogP contribution < -0.4 is 5.32 Å². The standard InChI is InChI=1S/C17H16F3N/c18-15-7-11(8-16(19)17(15)20)10-21-14-6-5-12-3-1-2-4-13(12)9-14/h1-4,7-8,14,21H,5-6,9-10H2. The highest BCUT2D eigenvalue weighted by molar-refractivity contribution is 5.30. The maximum Gasteiger partial charge on any atom is 0.194 e. The molecule has 0 amide bonds. The van der Waals surface area contributed by atoms with Gasteiger partial charge in [0.05, 0.1) is 0 Å². The van der Waals surface area contributed by atoms with Crippen LogP contribution in [0.1, 0.15) is 23.1 Å². The first-order valence-corrected chi connectivity index (χ1v) is 7.07. The van der Waals surface area contributed by atoms with Gasteiger partial charge in [-0.25, -0.2) is 13.2 Å². The van der Waals surface area contributed by atoms with Gasteiger partial charge in [-0.05, 0) is 48.1 Å². The van der Waals surface area contributed by atoms with Gasteiger partial charge < -0.3 is 5.32 Å². The van der Waals surface area contributed by atoms with E-state index in [-0.39, 0.29) is 6.04 Å². The molecule has 1 aliphatic rings. The Morgan fingerprint density at radius 1 is 1.00 bits per heavy atom. The van der Waals surface area contributed by atoms with Crippen LogP contribution in [0.2, 0.25) is 0 Å². The molecule has 0 bridgehead atoms. The van der Waals surface area contributed by atoms with E-state index in [1.54, 1.807) is 0 Å². The van der Waals surface area contributed by atoms with Crippen LogP contribution in [0.3, 0.4) is 0 Å². The van der Waals surface area contributed by atoms with Gasteiger partial charge in [-0.3, -0.25) is 0 Å². The van der Waals surface area contributed by atoms with E-state index in [1.165, 1.54) is 11.1 Å². The van der Waals surface area contributed by atoms with Crippen molar-refractivity contribution in [3.8, 4) is 0 Å². The van der Waals surface area contributed by atoms with E-state index in [1.807, 2.05) is 12.1 Å². The molecule has 3 rings (SSSR count). The van der Waals surface area contributed by atoms with Crippen molar-refractivity contribution in [3.05, 3.63) is 70.5 Å². The fourth-order valence-electron chi connectivity index (χ4n) is 2.84. The SMILES string of the molecule is Fc1cc(CNC2CCc3ccccc3C2)cc(F)c1F. The molecule has 0 aromatic heterocycles. The first-order chi connectivity index (χ1) is 10.1. The molecule has 1 unspecified atom stereocenters. The summed E-state index contributed by atoms with van der Waals surface area (Å²) in [5.41, 5.74) is 3.11. The van der Waals surface area contributed by atoms with Gasteiger partial charge in [0.25, 0.3) is 0 Å². The summed E-state index contributed by atoms with van der Waals surface area (Å²) in [5, 5.41) is 3.30. The summed E-state index contributed by atoms with van der Waals surface area (Å²) in [6.07, 6.45) is 2.89. The Hall–Kier alpha value is -1.81. The Labute approximate surface area is 121 Å². The fraction of sp³-hybridized carbons (Fsp3) is 0.294. The summed E-state index contributed by atoms with van der Waals surface area (Å²) in [7, 11) is 0. The van der Waals surface area contributed by atoms with Crippen molar-refractivity contribution in [3.63, 3.8) is 0 Å². The van der Waals surface area contributed by atoms with Crippen LogP contribution in [0, 0.1) is 17.5 Å². The summed E-state index contributed by atoms with van der Waals surface area (Å²) >= 11 is 0. The van der Waals surface area contributed by atoms with Crippen LogP contribution in [0.5, 0.6) is 0 Å². The zero-order valence-electron chi connectivity index (χ0n) is 11.5. The summed E-state index contributed by atoms with van der Waals surface area (Å²) < 4.78 is 39.2. The number of benzene rings is 2. The summed E-state index contributed by atoms with van der Waals surface area (Å²) in [5.74, 6) is -3.69. The molecule has 21 heavy (non-hydrogen) atoms. The molecule has 2 aromatic carbocycles. The van der Waals surface area contributed by atoms with Gasteiger partial charge in [-0.2, -0.15) is 0 Å². The predicted molar refractivity (Wildman–Crippen MR) is 75.4 cm³/mol. The first kappa shape index (κ1) is 14.1. The second kappa shape index (κ2) is 5.90. The lowest BCUT2D eigenvalue weighted by Gasteiger charge is -2.25. The van der Waals surface area contributed by atoms with Gasteiger partial charge in [0.1, 0.15) is 0 Å². The zero-order valence-corrected chi connectivity index (χ0v) is 11.5. The number of fused-ring (bicyclic) bond motifs is 1. The largest absolute Gasteiger partial charge is 0.310 e. The summed E-state index contributed by atoms with van der Waals surface area (Å²) in [6, 6.07) is 10.7. The molecule has 0 radical (unpaired) electrons. The Morgan fingerprint density at radius 2 is 1.67 bits per heavy atom. The minimum Gasteiger partial charge on any atom is -0.310 e. The van der Waals surface area contributed by atoms with E-state index in [0.717, 1.165) is 31.4 Å². The van der Waals surface area contributed by atoms with Crippen LogP contribution in [0.15, 0.2) is 36.4 Å². The third-order valence-electron chi connectivity index (χ3n) is 3.99. The highest BCUT2D eigenvalue weighted by Crippen LogP contribution is 2.21. The molecule has 1 nitrogen and oxygen atoms in total. The van der Waals surface area contributed by atoms with Gasteiger partial charge in [0, 0.05) is 12.6 Å². The smallest absolute Gasteiger partial charge is 0.194 e. The van der Waals surface area contributed by atoms with Gasteiger partial charge in [-0.1, -0.05) is 24.3 Å². The molecule has 0 saturated carbocycles. The van der Waals surface area contributed by atoms with Gasteiger partial charge in [-0.15, -0.1) is 0 Å². The van der Waals surface area contributed by atoms with Crippen LogP contribution in [0.4, 0.5) is 13.2 Å². The highest BCUT2D eigenvalue weighted by atomic mass is 19.2. The average Bonchev–Trinajstić information content (AvgIpc) is 2.50. The second-order valence-electron chi connectivity index (χ2n) is 5.46. The van der Waals surface area contributed by atoms with E-state index in [4.69, 9.17) is 0 Å². The Balaban J connectivity index is 1.64. The Kier molecular flexibility index (Phi) is 3.97. The third kappa shape index (κ3) is 3.10. The lowest BCUT2D eigenvalue weighted by atomic mass is 9.88. The molecule has 4 heteroatoms. The predicted octanol–water partition coefficient (Wildman–Crippen LogP) is 3.75. The number of rotatable bonds is 3. The third-order valence-corrected chi connectivity index (χ3v) is 3.99. The second-order valence-corrected chi connectivity index (χ2v) is 5.46. The molecule has 0 spiro atoms. The summed E-state index contributed by atoms with van der Waals surface area (Å²) in [6.45, 7) is 0.334. The van der Waals surface area contributed by atoms with E-state index < -0.39 is 17.5 Å². The lowest BCUT2D eigenvalue weighted by molar-refractivity contribution is 0.436. The maximum absolute atomic E-state index is 13.2. The molecular formula is C17H16F3N. The normalized spacial score (nSPS) is 17.6. The maximum atomic E-state index is 13.2. The number of hydrogen-bond acceptors (Lipinski definition) is 1. The molecule has 1 atom stereocenters. The van der Waals surface area contributed by atoms with Crippen LogP contribution in [-0.4, -0.2) is 6.04 Å². The van der Waals surface area contributed by atoms with Crippen molar-refractivity contribution in [1.29, 1.82) is 0 Å². The van der Waals surface area contributed by atoms with Crippen LogP contribution >= 0.6 is 0 Å². The molecule has 110 valence electrons. The van der Waals surface area contributed by atoms with Crippen LogP contribution in [0.25, 0.3) is 0 Å². The Bertz CT molecular complexity index is 631. The number of aryl methyl sites for hydroxylation is 1.